The third-order valence-corrected chi connectivity index (χ3v) is 3.25. The van der Waals surface area contributed by atoms with Gasteiger partial charge in [-0.25, -0.2) is 9.18 Å². The maximum Gasteiger partial charge on any atom is 0.338 e. The molecule has 1 N–H and O–H groups in total. The molecule has 0 unspecified atom stereocenters. The molecular weight excluding hydrogens is 337 g/mol. The van der Waals surface area contributed by atoms with E-state index in [4.69, 9.17) is 21.1 Å². The van der Waals surface area contributed by atoms with Crippen molar-refractivity contribution in [2.75, 3.05) is 18.5 Å². The van der Waals surface area contributed by atoms with Crippen molar-refractivity contribution in [3.05, 3.63) is 58.9 Å². The topological polar surface area (TPSA) is 64.6 Å². The number of nitrogens with one attached hydrogen (secondary N) is 1. The first-order chi connectivity index (χ1) is 11.5. The molecule has 126 valence electrons. The number of hydrogen-bond donors (Lipinski definition) is 1. The first-order valence-corrected chi connectivity index (χ1v) is 7.52. The van der Waals surface area contributed by atoms with Crippen molar-refractivity contribution in [3.8, 4) is 5.75 Å². The van der Waals surface area contributed by atoms with E-state index in [-0.39, 0.29) is 10.7 Å². The zero-order valence-corrected chi connectivity index (χ0v) is 13.6. The first kappa shape index (κ1) is 17.7. The maximum absolute atomic E-state index is 12.9. The zero-order valence-electron chi connectivity index (χ0n) is 12.8. The minimum Gasteiger partial charge on any atom is -0.494 e. The van der Waals surface area contributed by atoms with Crippen molar-refractivity contribution in [1.82, 2.24) is 0 Å². The van der Waals surface area contributed by atoms with Crippen LogP contribution in [0, 0.1) is 5.82 Å². The van der Waals surface area contributed by atoms with Gasteiger partial charge in [-0.1, -0.05) is 11.6 Å². The number of ether oxygens (including phenoxy) is 2. The summed E-state index contributed by atoms with van der Waals surface area (Å²) in [6.45, 7) is 1.89. The van der Waals surface area contributed by atoms with Gasteiger partial charge in [-0.05, 0) is 49.4 Å². The van der Waals surface area contributed by atoms with Crippen LogP contribution in [0.4, 0.5) is 10.1 Å². The normalized spacial score (nSPS) is 10.1. The molecule has 0 saturated carbocycles. The molecular formula is C17H15ClFNO4. The van der Waals surface area contributed by atoms with Crippen LogP contribution in [0.5, 0.6) is 5.75 Å². The fraction of sp³-hybridized carbons (Fsp3) is 0.176. The van der Waals surface area contributed by atoms with Gasteiger partial charge in [0.2, 0.25) is 0 Å². The van der Waals surface area contributed by atoms with Crippen LogP contribution in [0.2, 0.25) is 5.02 Å². The summed E-state index contributed by atoms with van der Waals surface area (Å²) < 4.78 is 23.1. The van der Waals surface area contributed by atoms with Crippen molar-refractivity contribution in [2.24, 2.45) is 0 Å². The number of benzene rings is 2. The molecule has 0 saturated heterocycles. The van der Waals surface area contributed by atoms with Gasteiger partial charge >= 0.3 is 5.97 Å². The van der Waals surface area contributed by atoms with Crippen LogP contribution in [0.3, 0.4) is 0 Å². The molecule has 2 aromatic carbocycles. The molecule has 5 nitrogen and oxygen atoms in total. The van der Waals surface area contributed by atoms with E-state index in [1.807, 2.05) is 6.92 Å². The summed E-state index contributed by atoms with van der Waals surface area (Å²) in [5.41, 5.74) is 0.534. The van der Waals surface area contributed by atoms with E-state index >= 15 is 0 Å². The van der Waals surface area contributed by atoms with E-state index in [2.05, 4.69) is 5.32 Å². The van der Waals surface area contributed by atoms with E-state index in [1.54, 1.807) is 24.3 Å². The molecule has 0 bridgehead atoms. The Morgan fingerprint density at radius 1 is 1.17 bits per heavy atom. The van der Waals surface area contributed by atoms with E-state index in [0.29, 0.717) is 17.9 Å². The lowest BCUT2D eigenvalue weighted by Crippen LogP contribution is -2.21. The number of hydrogen-bond acceptors (Lipinski definition) is 4. The van der Waals surface area contributed by atoms with Crippen LogP contribution in [0.25, 0.3) is 0 Å². The van der Waals surface area contributed by atoms with Crippen molar-refractivity contribution in [2.45, 2.75) is 6.92 Å². The highest BCUT2D eigenvalue weighted by Gasteiger charge is 2.12. The molecule has 0 spiro atoms. The first-order valence-electron chi connectivity index (χ1n) is 7.14. The Balaban J connectivity index is 1.87. The molecule has 1 amide bonds. The molecule has 0 aromatic heterocycles. The van der Waals surface area contributed by atoms with Gasteiger partial charge < -0.3 is 14.8 Å². The third kappa shape index (κ3) is 4.96. The Bertz CT molecular complexity index is 734. The predicted molar refractivity (Wildman–Crippen MR) is 87.9 cm³/mol. The molecule has 0 aliphatic heterocycles. The second-order valence-corrected chi connectivity index (χ2v) is 5.11. The number of amides is 1. The van der Waals surface area contributed by atoms with Gasteiger partial charge in [-0.3, -0.25) is 4.79 Å². The summed E-state index contributed by atoms with van der Waals surface area (Å²) in [6, 6.07) is 9.92. The SMILES string of the molecule is CCOc1ccc(C(=O)OCC(=O)Nc2ccc(F)cc2Cl)cc1. The van der Waals surface area contributed by atoms with E-state index in [9.17, 15) is 14.0 Å². The molecule has 0 aliphatic carbocycles. The lowest BCUT2D eigenvalue weighted by Gasteiger charge is -2.08. The van der Waals surface area contributed by atoms with Crippen LogP contribution in [-0.4, -0.2) is 25.1 Å². The van der Waals surface area contributed by atoms with Crippen LogP contribution in [0.1, 0.15) is 17.3 Å². The predicted octanol–water partition coefficient (Wildman–Crippen LogP) is 3.67. The lowest BCUT2D eigenvalue weighted by molar-refractivity contribution is -0.119. The summed E-state index contributed by atoms with van der Waals surface area (Å²) in [5.74, 6) is -1.10. The molecule has 0 radical (unpaired) electrons. The van der Waals surface area contributed by atoms with Gasteiger partial charge in [0.25, 0.3) is 5.91 Å². The monoisotopic (exact) mass is 351 g/mol. The highest BCUT2D eigenvalue weighted by atomic mass is 35.5. The number of halogens is 2. The van der Waals surface area contributed by atoms with Gasteiger partial charge in [0, 0.05) is 0 Å². The number of anilines is 1. The Morgan fingerprint density at radius 2 is 1.88 bits per heavy atom. The summed E-state index contributed by atoms with van der Waals surface area (Å²) in [4.78, 5) is 23.6. The third-order valence-electron chi connectivity index (χ3n) is 2.94. The van der Waals surface area contributed by atoms with Gasteiger partial charge in [-0.2, -0.15) is 0 Å². The van der Waals surface area contributed by atoms with Crippen molar-refractivity contribution < 1.29 is 23.5 Å². The Labute approximate surface area is 143 Å². The molecule has 0 aliphatic rings. The largest absolute Gasteiger partial charge is 0.494 e. The molecule has 24 heavy (non-hydrogen) atoms. The van der Waals surface area contributed by atoms with Crippen molar-refractivity contribution in [3.63, 3.8) is 0 Å². The summed E-state index contributed by atoms with van der Waals surface area (Å²) in [5, 5.41) is 2.49. The molecule has 0 heterocycles. The Kier molecular flexibility index (Phi) is 6.14. The smallest absolute Gasteiger partial charge is 0.338 e. The number of carbonyl (C=O) groups is 2. The molecule has 7 heteroatoms. The van der Waals surface area contributed by atoms with Crippen LogP contribution >= 0.6 is 11.6 Å². The van der Waals surface area contributed by atoms with E-state index in [0.717, 1.165) is 12.1 Å². The fourth-order valence-electron chi connectivity index (χ4n) is 1.85. The second-order valence-electron chi connectivity index (χ2n) is 4.71. The molecule has 2 rings (SSSR count). The number of rotatable bonds is 6. The average molecular weight is 352 g/mol. The van der Waals surface area contributed by atoms with Crippen molar-refractivity contribution in [1.29, 1.82) is 0 Å². The highest BCUT2D eigenvalue weighted by Crippen LogP contribution is 2.22. The average Bonchev–Trinajstić information content (AvgIpc) is 2.56. The van der Waals surface area contributed by atoms with Crippen LogP contribution < -0.4 is 10.1 Å². The maximum atomic E-state index is 12.9. The quantitative estimate of drug-likeness (QED) is 0.806. The fourth-order valence-corrected chi connectivity index (χ4v) is 2.06. The molecule has 0 atom stereocenters. The number of esters is 1. The Morgan fingerprint density at radius 3 is 2.50 bits per heavy atom. The van der Waals surface area contributed by atoms with Gasteiger partial charge in [0.1, 0.15) is 11.6 Å². The van der Waals surface area contributed by atoms with Gasteiger partial charge in [0.15, 0.2) is 6.61 Å². The summed E-state index contributed by atoms with van der Waals surface area (Å²) in [6.07, 6.45) is 0. The van der Waals surface area contributed by atoms with Crippen molar-refractivity contribution >= 4 is 29.2 Å². The van der Waals surface area contributed by atoms with E-state index < -0.39 is 24.3 Å². The molecule has 0 fully saturated rings. The van der Waals surface area contributed by atoms with E-state index in [1.165, 1.54) is 6.07 Å². The minimum atomic E-state index is -0.640. The second kappa shape index (κ2) is 8.31. The molecule has 2 aromatic rings. The standard InChI is InChI=1S/C17H15ClFNO4/c1-2-23-13-6-3-11(4-7-13)17(22)24-10-16(21)20-15-8-5-12(19)9-14(15)18/h3-9H,2,10H2,1H3,(H,20,21). The lowest BCUT2D eigenvalue weighted by atomic mass is 10.2. The zero-order chi connectivity index (χ0) is 17.5. The summed E-state index contributed by atoms with van der Waals surface area (Å²) >= 11 is 5.80. The van der Waals surface area contributed by atoms with Crippen LogP contribution in [0.15, 0.2) is 42.5 Å². The van der Waals surface area contributed by atoms with Crippen LogP contribution in [-0.2, 0) is 9.53 Å². The summed E-state index contributed by atoms with van der Waals surface area (Å²) in [7, 11) is 0. The minimum absolute atomic E-state index is 0.0567. The van der Waals surface area contributed by atoms with Gasteiger partial charge in [-0.15, -0.1) is 0 Å². The highest BCUT2D eigenvalue weighted by molar-refractivity contribution is 6.33. The Hall–Kier alpha value is -2.60. The number of carbonyl (C=O) groups excluding carboxylic acids is 2. The van der Waals surface area contributed by atoms with Gasteiger partial charge in [0.05, 0.1) is 22.9 Å².